The number of Topliss-reactive ketones (excluding diaryl/α,β-unsaturated/α-hetero) is 1. The molecule has 0 aliphatic heterocycles. The zero-order valence-corrected chi connectivity index (χ0v) is 14.8. The van der Waals surface area contributed by atoms with Crippen LogP contribution in [0, 0.1) is 65.1 Å². The van der Waals surface area contributed by atoms with E-state index >= 15 is 0 Å². The van der Waals surface area contributed by atoms with Crippen LogP contribution in [0.4, 0.5) is 0 Å². The van der Waals surface area contributed by atoms with Crippen molar-refractivity contribution in [2.45, 2.75) is 39.0 Å². The maximum atomic E-state index is 13.3. The molecule has 5 fully saturated rings. The summed E-state index contributed by atoms with van der Waals surface area (Å²) in [6.07, 6.45) is 6.32. The Labute approximate surface area is 148 Å². The van der Waals surface area contributed by atoms with Crippen molar-refractivity contribution in [2.75, 3.05) is 6.61 Å². The third kappa shape index (κ3) is 1.32. The topological polar surface area (TPSA) is 43.4 Å². The first-order chi connectivity index (χ1) is 12.2. The number of esters is 1. The first kappa shape index (κ1) is 14.0. The maximum absolute atomic E-state index is 13.3. The van der Waals surface area contributed by atoms with Crippen molar-refractivity contribution in [2.24, 2.45) is 65.1 Å². The van der Waals surface area contributed by atoms with Crippen LogP contribution < -0.4 is 0 Å². The van der Waals surface area contributed by atoms with Gasteiger partial charge in [-0.2, -0.15) is 0 Å². The molecule has 0 aromatic carbocycles. The molecule has 0 radical (unpaired) electrons. The van der Waals surface area contributed by atoms with E-state index in [9.17, 15) is 9.59 Å². The Hall–Kier alpha value is -1.12. The lowest BCUT2D eigenvalue weighted by atomic mass is 9.75. The molecule has 0 saturated heterocycles. The summed E-state index contributed by atoms with van der Waals surface area (Å²) in [6, 6.07) is 0. The van der Waals surface area contributed by atoms with E-state index in [1.54, 1.807) is 12.5 Å². The van der Waals surface area contributed by atoms with Gasteiger partial charge in [0.2, 0.25) is 0 Å². The van der Waals surface area contributed by atoms with Gasteiger partial charge in [-0.25, -0.2) is 0 Å². The Morgan fingerprint density at radius 2 is 1.80 bits per heavy atom. The minimum atomic E-state index is -0.118. The fourth-order valence-corrected chi connectivity index (χ4v) is 10.1. The smallest absolute Gasteiger partial charge is 0.302 e. The highest BCUT2D eigenvalue weighted by molar-refractivity contribution is 6.03. The van der Waals surface area contributed by atoms with Crippen molar-refractivity contribution in [1.82, 2.24) is 0 Å². The van der Waals surface area contributed by atoms with Crippen LogP contribution in [0.5, 0.6) is 0 Å². The van der Waals surface area contributed by atoms with Crippen LogP contribution in [-0.4, -0.2) is 18.4 Å². The SMILES string of the molecule is CC(=O)OC[C@@H]1[C@@H]2[C@H]3CCC[C@H]3[C@H]3[C@H]4C(=O)C5=C6[C@H]4[C@H]([C@H]23)[C@H]1[C@@H]6CC5. The predicted molar refractivity (Wildman–Crippen MR) is 90.1 cm³/mol. The molecule has 0 bridgehead atoms. The summed E-state index contributed by atoms with van der Waals surface area (Å²) >= 11 is 0. The Morgan fingerprint density at radius 3 is 2.60 bits per heavy atom. The number of ether oxygens (including phenoxy) is 1. The second kappa shape index (κ2) is 4.23. The van der Waals surface area contributed by atoms with E-state index in [1.165, 1.54) is 31.3 Å². The van der Waals surface area contributed by atoms with E-state index in [0.29, 0.717) is 47.9 Å². The Balaban J connectivity index is 1.40. The molecule has 5 saturated carbocycles. The molecule has 3 nitrogen and oxygen atoms in total. The average Bonchev–Trinajstić information content (AvgIpc) is 3.33. The number of ketones is 1. The molecule has 0 aromatic rings. The third-order valence-electron chi connectivity index (χ3n) is 9.95. The Morgan fingerprint density at radius 1 is 1.00 bits per heavy atom. The Kier molecular flexibility index (Phi) is 2.37. The minimum Gasteiger partial charge on any atom is -0.466 e. The minimum absolute atomic E-state index is 0.118. The highest BCUT2D eigenvalue weighted by atomic mass is 16.5. The standard InChI is InChI=1S/C22H26O3/c1-8(23)25-7-13-14-9-3-2-4-10(9)17-18(14)19-16(13)11-5-6-12-15(11)20(19)21(17)22(12)24/h9-11,13-14,16-21H,2-7H2,1H3/t9-,10+,11+,13+,14-,16-,17+,18+,19-,20-,21+/m0/s1. The number of fused-ring (bicyclic) bond motifs is 5. The van der Waals surface area contributed by atoms with Crippen molar-refractivity contribution >= 4 is 11.8 Å². The van der Waals surface area contributed by atoms with Crippen LogP contribution in [0.15, 0.2) is 11.1 Å². The summed E-state index contributed by atoms with van der Waals surface area (Å²) < 4.78 is 5.63. The van der Waals surface area contributed by atoms with Crippen LogP contribution in [0.3, 0.4) is 0 Å². The van der Waals surface area contributed by atoms with Crippen LogP contribution in [0.25, 0.3) is 0 Å². The zero-order chi connectivity index (χ0) is 16.6. The number of carbonyl (C=O) groups is 2. The molecule has 132 valence electrons. The lowest BCUT2D eigenvalue weighted by Crippen LogP contribution is -2.30. The van der Waals surface area contributed by atoms with Gasteiger partial charge >= 0.3 is 5.97 Å². The quantitative estimate of drug-likeness (QED) is 0.726. The molecule has 0 aromatic heterocycles. The summed E-state index contributed by atoms with van der Waals surface area (Å²) in [5.41, 5.74) is 2.90. The van der Waals surface area contributed by atoms with E-state index in [-0.39, 0.29) is 5.97 Å². The molecular formula is C22H26O3. The maximum Gasteiger partial charge on any atom is 0.302 e. The van der Waals surface area contributed by atoms with Gasteiger partial charge in [-0.1, -0.05) is 12.0 Å². The van der Waals surface area contributed by atoms with Gasteiger partial charge in [-0.3, -0.25) is 9.59 Å². The van der Waals surface area contributed by atoms with Gasteiger partial charge in [0.25, 0.3) is 0 Å². The predicted octanol–water partition coefficient (Wildman–Crippen LogP) is 3.24. The molecule has 25 heavy (non-hydrogen) atoms. The zero-order valence-electron chi connectivity index (χ0n) is 14.8. The van der Waals surface area contributed by atoms with E-state index in [1.807, 2.05) is 0 Å². The fourth-order valence-electron chi connectivity index (χ4n) is 10.1. The van der Waals surface area contributed by atoms with Crippen molar-refractivity contribution < 1.29 is 14.3 Å². The van der Waals surface area contributed by atoms with E-state index in [4.69, 9.17) is 4.74 Å². The van der Waals surface area contributed by atoms with Crippen LogP contribution >= 0.6 is 0 Å². The first-order valence-corrected chi connectivity index (χ1v) is 10.6. The van der Waals surface area contributed by atoms with E-state index in [0.717, 1.165) is 36.0 Å². The molecule has 7 rings (SSSR count). The summed E-state index contributed by atoms with van der Waals surface area (Å²) in [5.74, 6) is 7.98. The van der Waals surface area contributed by atoms with Gasteiger partial charge in [0.05, 0.1) is 6.61 Å². The van der Waals surface area contributed by atoms with Crippen LogP contribution in [0.1, 0.15) is 39.0 Å². The average molecular weight is 338 g/mol. The van der Waals surface area contributed by atoms with Gasteiger partial charge < -0.3 is 4.74 Å². The number of hydrogen-bond acceptors (Lipinski definition) is 3. The molecule has 0 unspecified atom stereocenters. The summed E-state index contributed by atoms with van der Waals surface area (Å²) in [6.45, 7) is 2.21. The molecule has 0 spiro atoms. The highest BCUT2D eigenvalue weighted by Gasteiger charge is 2.78. The monoisotopic (exact) mass is 338 g/mol. The number of allylic oxidation sites excluding steroid dienone is 2. The van der Waals surface area contributed by atoms with Crippen LogP contribution in [-0.2, 0) is 14.3 Å². The Bertz CT molecular complexity index is 750. The van der Waals surface area contributed by atoms with E-state index < -0.39 is 0 Å². The second-order valence-corrected chi connectivity index (χ2v) is 10.1. The highest BCUT2D eigenvalue weighted by Crippen LogP contribution is 2.81. The van der Waals surface area contributed by atoms with Crippen molar-refractivity contribution in [3.8, 4) is 0 Å². The normalized spacial score (nSPS) is 58.4. The lowest BCUT2D eigenvalue weighted by molar-refractivity contribution is -0.143. The second-order valence-electron chi connectivity index (χ2n) is 10.1. The molecular weight excluding hydrogens is 312 g/mol. The summed E-state index contributed by atoms with van der Waals surface area (Å²) in [7, 11) is 0. The van der Waals surface area contributed by atoms with Crippen molar-refractivity contribution in [1.29, 1.82) is 0 Å². The third-order valence-corrected chi connectivity index (χ3v) is 9.95. The molecule has 7 aliphatic carbocycles. The van der Waals surface area contributed by atoms with Crippen molar-refractivity contribution in [3.63, 3.8) is 0 Å². The van der Waals surface area contributed by atoms with E-state index in [2.05, 4.69) is 0 Å². The molecule has 7 aliphatic rings. The molecule has 0 heterocycles. The molecule has 3 heteroatoms. The largest absolute Gasteiger partial charge is 0.466 e. The molecule has 11 atom stereocenters. The van der Waals surface area contributed by atoms with Gasteiger partial charge in [0.15, 0.2) is 5.78 Å². The van der Waals surface area contributed by atoms with Gasteiger partial charge in [-0.05, 0) is 84.5 Å². The lowest BCUT2D eigenvalue weighted by Gasteiger charge is -2.31. The van der Waals surface area contributed by atoms with Gasteiger partial charge in [-0.15, -0.1) is 0 Å². The summed E-state index contributed by atoms with van der Waals surface area (Å²) in [5, 5.41) is 0. The van der Waals surface area contributed by atoms with Gasteiger partial charge in [0, 0.05) is 18.8 Å². The van der Waals surface area contributed by atoms with Crippen molar-refractivity contribution in [3.05, 3.63) is 11.1 Å². The number of carbonyl (C=O) groups excluding carboxylic acids is 2. The number of hydrogen-bond donors (Lipinski definition) is 0. The molecule has 0 N–H and O–H groups in total. The van der Waals surface area contributed by atoms with Gasteiger partial charge in [0.1, 0.15) is 0 Å². The van der Waals surface area contributed by atoms with Crippen LogP contribution in [0.2, 0.25) is 0 Å². The fraction of sp³-hybridized carbons (Fsp3) is 0.818. The first-order valence-electron chi connectivity index (χ1n) is 10.6. The molecule has 0 amide bonds. The number of rotatable bonds is 2. The summed E-state index contributed by atoms with van der Waals surface area (Å²) in [4.78, 5) is 24.8.